The van der Waals surface area contributed by atoms with E-state index < -0.39 is 22.9 Å². The third-order valence-electron chi connectivity index (χ3n) is 9.20. The summed E-state index contributed by atoms with van der Waals surface area (Å²) in [7, 11) is 0. The molecule has 0 aliphatic carbocycles. The van der Waals surface area contributed by atoms with Crippen molar-refractivity contribution in [2.75, 3.05) is 19.6 Å². The summed E-state index contributed by atoms with van der Waals surface area (Å²) in [5.74, 6) is -1.09. The highest BCUT2D eigenvalue weighted by molar-refractivity contribution is 8.00. The zero-order chi connectivity index (χ0) is 35.4. The molecule has 8 nitrogen and oxygen atoms in total. The highest BCUT2D eigenvalue weighted by atomic mass is 35.5. The zero-order valence-corrected chi connectivity index (χ0v) is 28.6. The highest BCUT2D eigenvalue weighted by Crippen LogP contribution is 2.37. The fourth-order valence-electron chi connectivity index (χ4n) is 6.67. The number of hydrogen-bond donors (Lipinski definition) is 1. The summed E-state index contributed by atoms with van der Waals surface area (Å²) in [5, 5.41) is 3.16. The summed E-state index contributed by atoms with van der Waals surface area (Å²) in [6.45, 7) is 2.24. The van der Waals surface area contributed by atoms with Crippen molar-refractivity contribution in [3.8, 4) is 0 Å². The smallest absolute Gasteiger partial charge is 0.446 e. The predicted octanol–water partition coefficient (Wildman–Crippen LogP) is 7.32. The quantitative estimate of drug-likeness (QED) is 0.182. The number of hydrogen-bond acceptors (Lipinski definition) is 6. The molecule has 1 N–H and O–H groups in total. The molecular formula is C37H35ClF3N3O5S. The SMILES string of the molecule is O=C(NC(Cc1ccc(Cl)cc1)C(=O)N1CCC(c2ccccc2CN2CCCCC2=O)CC1)c1cc(=O)c2cc(SC(F)(F)F)ccc2o1. The zero-order valence-electron chi connectivity index (χ0n) is 27.0. The maximum absolute atomic E-state index is 14.0. The van der Waals surface area contributed by atoms with Gasteiger partial charge in [-0.15, -0.1) is 0 Å². The van der Waals surface area contributed by atoms with Crippen LogP contribution in [0.3, 0.4) is 0 Å². The van der Waals surface area contributed by atoms with Crippen LogP contribution in [0.25, 0.3) is 11.0 Å². The molecule has 1 unspecified atom stereocenters. The van der Waals surface area contributed by atoms with Gasteiger partial charge in [0.15, 0.2) is 11.2 Å². The number of thioether (sulfide) groups is 1. The first kappa shape index (κ1) is 35.5. The molecule has 2 aliphatic rings. The second-order valence-corrected chi connectivity index (χ2v) is 14.2. The van der Waals surface area contributed by atoms with Gasteiger partial charge in [-0.1, -0.05) is 48.0 Å². The Balaban J connectivity index is 1.17. The number of benzene rings is 3. The van der Waals surface area contributed by atoms with Crippen molar-refractivity contribution < 1.29 is 32.0 Å². The van der Waals surface area contributed by atoms with Crippen molar-refractivity contribution in [1.29, 1.82) is 0 Å². The third kappa shape index (κ3) is 8.70. The van der Waals surface area contributed by atoms with Crippen LogP contribution in [-0.2, 0) is 22.6 Å². The number of piperidine rings is 2. The first-order chi connectivity index (χ1) is 23.9. The number of alkyl halides is 3. The third-order valence-corrected chi connectivity index (χ3v) is 10.2. The van der Waals surface area contributed by atoms with Gasteiger partial charge in [0.2, 0.25) is 11.8 Å². The molecular weight excluding hydrogens is 691 g/mol. The van der Waals surface area contributed by atoms with Crippen LogP contribution in [0.2, 0.25) is 5.02 Å². The molecule has 0 saturated carbocycles. The molecule has 1 atom stereocenters. The van der Waals surface area contributed by atoms with Crippen molar-refractivity contribution in [1.82, 2.24) is 15.1 Å². The van der Waals surface area contributed by atoms with E-state index in [-0.39, 0.29) is 57.5 Å². The Morgan fingerprint density at radius 3 is 2.42 bits per heavy atom. The Morgan fingerprint density at radius 1 is 0.960 bits per heavy atom. The molecule has 0 radical (unpaired) electrons. The van der Waals surface area contributed by atoms with Crippen LogP contribution in [0.4, 0.5) is 13.2 Å². The first-order valence-corrected chi connectivity index (χ1v) is 17.7. The topological polar surface area (TPSA) is 99.9 Å². The summed E-state index contributed by atoms with van der Waals surface area (Å²) in [6, 6.07) is 18.4. The van der Waals surface area contributed by atoms with Crippen LogP contribution in [0.15, 0.2) is 86.9 Å². The van der Waals surface area contributed by atoms with E-state index in [0.717, 1.165) is 48.7 Å². The number of nitrogens with one attached hydrogen (secondary N) is 1. The van der Waals surface area contributed by atoms with Gasteiger partial charge in [-0.3, -0.25) is 19.2 Å². The normalized spacial score (nSPS) is 16.4. The van der Waals surface area contributed by atoms with E-state index in [9.17, 15) is 32.3 Å². The Hall–Kier alpha value is -4.29. The van der Waals surface area contributed by atoms with E-state index >= 15 is 0 Å². The molecule has 50 heavy (non-hydrogen) atoms. The van der Waals surface area contributed by atoms with Gasteiger partial charge in [-0.25, -0.2) is 0 Å². The largest absolute Gasteiger partial charge is 0.451 e. The van der Waals surface area contributed by atoms with Gasteiger partial charge in [-0.05, 0) is 90.4 Å². The summed E-state index contributed by atoms with van der Waals surface area (Å²) in [4.78, 5) is 56.3. The maximum Gasteiger partial charge on any atom is 0.446 e. The van der Waals surface area contributed by atoms with E-state index in [4.69, 9.17) is 16.0 Å². The van der Waals surface area contributed by atoms with Crippen LogP contribution in [0.1, 0.15) is 65.3 Å². The second kappa shape index (κ2) is 15.3. The van der Waals surface area contributed by atoms with Crippen LogP contribution >= 0.6 is 23.4 Å². The molecule has 3 heterocycles. The van der Waals surface area contributed by atoms with Gasteiger partial charge in [0, 0.05) is 55.0 Å². The van der Waals surface area contributed by atoms with Gasteiger partial charge in [0.1, 0.15) is 11.6 Å². The predicted molar refractivity (Wildman–Crippen MR) is 185 cm³/mol. The van der Waals surface area contributed by atoms with Crippen LogP contribution in [0.5, 0.6) is 0 Å². The van der Waals surface area contributed by atoms with E-state index in [1.54, 1.807) is 29.2 Å². The summed E-state index contributed by atoms with van der Waals surface area (Å²) < 4.78 is 44.3. The molecule has 0 spiro atoms. The Morgan fingerprint density at radius 2 is 1.70 bits per heavy atom. The molecule has 4 aromatic rings. The number of carbonyl (C=O) groups excluding carboxylic acids is 3. The molecule has 2 aliphatic heterocycles. The number of carbonyl (C=O) groups is 3. The van der Waals surface area contributed by atoms with Gasteiger partial charge < -0.3 is 19.5 Å². The monoisotopic (exact) mass is 725 g/mol. The standard InChI is InChI=1S/C37H35ClF3N3O5S/c38-26-10-8-23(9-11-26)19-30(42-35(47)33-21-31(45)29-20-27(50-37(39,40)41)12-13-32(29)49-33)36(48)43-17-14-24(15-18-43)28-6-2-1-5-25(28)22-44-16-4-3-7-34(44)46/h1-2,5-6,8-13,20-21,24,30H,3-4,7,14-19,22H2,(H,42,47). The Bertz CT molecular complexity index is 1940. The second-order valence-electron chi connectivity index (χ2n) is 12.6. The average molecular weight is 726 g/mol. The fourth-order valence-corrected chi connectivity index (χ4v) is 7.38. The highest BCUT2D eigenvalue weighted by Gasteiger charge is 2.32. The number of amides is 3. The van der Waals surface area contributed by atoms with Crippen LogP contribution < -0.4 is 10.7 Å². The minimum atomic E-state index is -4.53. The van der Waals surface area contributed by atoms with E-state index in [1.165, 1.54) is 11.6 Å². The lowest BCUT2D eigenvalue weighted by Crippen LogP contribution is -2.51. The number of likely N-dealkylation sites (tertiary alicyclic amines) is 2. The van der Waals surface area contributed by atoms with E-state index in [0.29, 0.717) is 43.9 Å². The molecule has 1 aromatic heterocycles. The number of rotatable bonds is 9. The molecule has 3 amide bonds. The maximum atomic E-state index is 14.0. The van der Waals surface area contributed by atoms with Gasteiger partial charge >= 0.3 is 5.51 Å². The molecule has 262 valence electrons. The van der Waals surface area contributed by atoms with Gasteiger partial charge in [0.25, 0.3) is 5.91 Å². The molecule has 3 aromatic carbocycles. The number of halogens is 4. The molecule has 13 heteroatoms. The molecule has 0 bridgehead atoms. The summed E-state index contributed by atoms with van der Waals surface area (Å²) in [5.41, 5.74) is -2.23. The lowest BCUT2D eigenvalue weighted by molar-refractivity contribution is -0.135. The van der Waals surface area contributed by atoms with E-state index in [1.807, 2.05) is 17.0 Å². The van der Waals surface area contributed by atoms with Crippen LogP contribution in [-0.4, -0.2) is 58.7 Å². The fraction of sp³-hybridized carbons (Fsp3) is 0.351. The molecule has 2 saturated heterocycles. The number of nitrogens with zero attached hydrogens (tertiary/aromatic N) is 2. The summed E-state index contributed by atoms with van der Waals surface area (Å²) in [6.07, 6.45) is 4.05. The minimum Gasteiger partial charge on any atom is -0.451 e. The molecule has 6 rings (SSSR count). The van der Waals surface area contributed by atoms with Crippen molar-refractivity contribution in [2.24, 2.45) is 0 Å². The van der Waals surface area contributed by atoms with Crippen molar-refractivity contribution >= 4 is 52.1 Å². The summed E-state index contributed by atoms with van der Waals surface area (Å²) >= 11 is 5.72. The Kier molecular flexibility index (Phi) is 10.9. The van der Waals surface area contributed by atoms with Crippen molar-refractivity contribution in [3.63, 3.8) is 0 Å². The van der Waals surface area contributed by atoms with Crippen molar-refractivity contribution in [3.05, 3.63) is 110 Å². The van der Waals surface area contributed by atoms with Gasteiger partial charge in [0.05, 0.1) is 5.39 Å². The Labute approximate surface area is 295 Å². The molecule has 2 fully saturated rings. The lowest BCUT2D eigenvalue weighted by atomic mass is 9.86. The average Bonchev–Trinajstić information content (AvgIpc) is 3.09. The first-order valence-electron chi connectivity index (χ1n) is 16.5. The van der Waals surface area contributed by atoms with Gasteiger partial charge in [-0.2, -0.15) is 13.2 Å². The lowest BCUT2D eigenvalue weighted by Gasteiger charge is -2.36. The number of fused-ring (bicyclic) bond motifs is 1. The van der Waals surface area contributed by atoms with E-state index in [2.05, 4.69) is 17.4 Å². The van der Waals surface area contributed by atoms with Crippen molar-refractivity contribution in [2.45, 2.75) is 67.4 Å². The minimum absolute atomic E-state index is 0.0539. The van der Waals surface area contributed by atoms with Crippen LogP contribution in [0, 0.1) is 0 Å².